The largest absolute Gasteiger partial charge is 0.444 e. The van der Waals surface area contributed by atoms with Gasteiger partial charge in [-0.3, -0.25) is 9.59 Å². The maximum atomic E-state index is 13.8. The van der Waals surface area contributed by atoms with Crippen molar-refractivity contribution < 1.29 is 19.1 Å². The summed E-state index contributed by atoms with van der Waals surface area (Å²) in [5, 5.41) is 5.73. The molecule has 2 unspecified atom stereocenters. The molecule has 3 amide bonds. The van der Waals surface area contributed by atoms with E-state index in [9.17, 15) is 14.4 Å². The fourth-order valence-electron chi connectivity index (χ4n) is 4.01. The molecule has 2 aromatic rings. The molecule has 0 aliphatic heterocycles. The standard InChI is InChI=1S/C29H41N3O4/c1-18(2)16-24(31-28(35)36-29(6,7)8)27(34)32(9)25(22-17-19(3)14-15-20(22)4)26(33)30-23-13-11-10-12-21(23)5/h10-15,17-18,24-25H,16H2,1-9H3,(H,30,33)(H,31,35). The molecule has 0 bridgehead atoms. The Hall–Kier alpha value is -3.35. The van der Waals surface area contributed by atoms with Gasteiger partial charge in [0, 0.05) is 12.7 Å². The van der Waals surface area contributed by atoms with Gasteiger partial charge in [0.05, 0.1) is 0 Å². The number of aryl methyl sites for hydroxylation is 3. The van der Waals surface area contributed by atoms with Crippen molar-refractivity contribution in [3.63, 3.8) is 0 Å². The topological polar surface area (TPSA) is 87.7 Å². The molecule has 7 nitrogen and oxygen atoms in total. The second-order valence-electron chi connectivity index (χ2n) is 10.8. The number of nitrogens with one attached hydrogen (secondary N) is 2. The number of para-hydroxylation sites is 1. The lowest BCUT2D eigenvalue weighted by atomic mass is 9.95. The molecule has 0 saturated carbocycles. The summed E-state index contributed by atoms with van der Waals surface area (Å²) in [6.45, 7) is 15.0. The fourth-order valence-corrected chi connectivity index (χ4v) is 4.01. The van der Waals surface area contributed by atoms with Crippen molar-refractivity contribution in [3.8, 4) is 0 Å². The molecule has 0 aromatic heterocycles. The van der Waals surface area contributed by atoms with Gasteiger partial charge in [-0.2, -0.15) is 0 Å². The zero-order valence-corrected chi connectivity index (χ0v) is 23.1. The van der Waals surface area contributed by atoms with Crippen molar-refractivity contribution in [2.45, 2.75) is 79.5 Å². The van der Waals surface area contributed by atoms with Crippen LogP contribution < -0.4 is 10.6 Å². The first-order valence-corrected chi connectivity index (χ1v) is 12.4. The second-order valence-corrected chi connectivity index (χ2v) is 10.8. The van der Waals surface area contributed by atoms with E-state index in [1.165, 1.54) is 4.90 Å². The first-order chi connectivity index (χ1) is 16.7. The molecule has 0 spiro atoms. The van der Waals surface area contributed by atoms with Crippen molar-refractivity contribution in [2.75, 3.05) is 12.4 Å². The normalized spacial score (nSPS) is 13.1. The molecule has 2 N–H and O–H groups in total. The Balaban J connectivity index is 2.45. The molecule has 0 aliphatic carbocycles. The number of likely N-dealkylation sites (N-methyl/N-ethyl adjacent to an activating group) is 1. The highest BCUT2D eigenvalue weighted by Crippen LogP contribution is 2.28. The van der Waals surface area contributed by atoms with Gasteiger partial charge in [0.2, 0.25) is 5.91 Å². The quantitative estimate of drug-likeness (QED) is 0.492. The van der Waals surface area contributed by atoms with Crippen LogP contribution in [-0.4, -0.2) is 41.5 Å². The van der Waals surface area contributed by atoms with Gasteiger partial charge in [0.25, 0.3) is 5.91 Å². The molecule has 0 saturated heterocycles. The number of benzene rings is 2. The molecule has 196 valence electrons. The van der Waals surface area contributed by atoms with Gasteiger partial charge in [0.15, 0.2) is 0 Å². The van der Waals surface area contributed by atoms with E-state index in [4.69, 9.17) is 4.74 Å². The van der Waals surface area contributed by atoms with E-state index in [0.29, 0.717) is 12.1 Å². The summed E-state index contributed by atoms with van der Waals surface area (Å²) in [6, 6.07) is 11.6. The number of carbonyl (C=O) groups is 3. The van der Waals surface area contributed by atoms with E-state index in [1.54, 1.807) is 27.8 Å². The lowest BCUT2D eigenvalue weighted by molar-refractivity contribution is -0.139. The minimum Gasteiger partial charge on any atom is -0.444 e. The Morgan fingerprint density at radius 3 is 2.19 bits per heavy atom. The molecule has 0 heterocycles. The first kappa shape index (κ1) is 28.9. The lowest BCUT2D eigenvalue weighted by Gasteiger charge is -2.33. The number of hydrogen-bond acceptors (Lipinski definition) is 4. The molecular weight excluding hydrogens is 454 g/mol. The number of nitrogens with zero attached hydrogens (tertiary/aromatic N) is 1. The molecular formula is C29H41N3O4. The second kappa shape index (κ2) is 12.1. The Kier molecular flexibility index (Phi) is 9.68. The molecule has 36 heavy (non-hydrogen) atoms. The predicted molar refractivity (Wildman–Crippen MR) is 144 cm³/mol. The van der Waals surface area contributed by atoms with Crippen LogP contribution in [0.1, 0.15) is 69.3 Å². The molecule has 0 fully saturated rings. The van der Waals surface area contributed by atoms with E-state index in [2.05, 4.69) is 10.6 Å². The number of ether oxygens (including phenoxy) is 1. The van der Waals surface area contributed by atoms with E-state index in [1.807, 2.05) is 77.1 Å². The predicted octanol–water partition coefficient (Wildman–Crippen LogP) is 5.69. The summed E-state index contributed by atoms with van der Waals surface area (Å²) in [6.07, 6.45) is -0.260. The summed E-state index contributed by atoms with van der Waals surface area (Å²) in [5.41, 5.74) is 3.52. The zero-order valence-electron chi connectivity index (χ0n) is 23.1. The maximum absolute atomic E-state index is 13.8. The van der Waals surface area contributed by atoms with Gasteiger partial charge >= 0.3 is 6.09 Å². The smallest absolute Gasteiger partial charge is 0.408 e. The highest BCUT2D eigenvalue weighted by molar-refractivity contribution is 5.99. The van der Waals surface area contributed by atoms with Crippen LogP contribution in [-0.2, 0) is 14.3 Å². The Morgan fingerprint density at radius 1 is 0.972 bits per heavy atom. The van der Waals surface area contributed by atoms with Gasteiger partial charge in [-0.15, -0.1) is 0 Å². The minimum absolute atomic E-state index is 0.127. The number of anilines is 1. The summed E-state index contributed by atoms with van der Waals surface area (Å²) >= 11 is 0. The average molecular weight is 496 g/mol. The van der Waals surface area contributed by atoms with Crippen LogP contribution in [0.3, 0.4) is 0 Å². The molecule has 2 aromatic carbocycles. The Labute approximate surface area is 215 Å². The van der Waals surface area contributed by atoms with Crippen LogP contribution in [0.2, 0.25) is 0 Å². The van der Waals surface area contributed by atoms with Crippen LogP contribution in [0.4, 0.5) is 10.5 Å². The zero-order chi connectivity index (χ0) is 27.2. The van der Waals surface area contributed by atoms with Crippen molar-refractivity contribution in [3.05, 3.63) is 64.7 Å². The third kappa shape index (κ3) is 8.11. The average Bonchev–Trinajstić information content (AvgIpc) is 2.75. The van der Waals surface area contributed by atoms with Gasteiger partial charge in [-0.25, -0.2) is 4.79 Å². The highest BCUT2D eigenvalue weighted by Gasteiger charge is 2.35. The third-order valence-electron chi connectivity index (χ3n) is 5.81. The number of hydrogen-bond donors (Lipinski definition) is 2. The molecule has 2 atom stereocenters. The Bertz CT molecular complexity index is 1090. The third-order valence-corrected chi connectivity index (χ3v) is 5.81. The molecule has 0 radical (unpaired) electrons. The number of rotatable bonds is 8. The van der Waals surface area contributed by atoms with Gasteiger partial charge in [-0.1, -0.05) is 55.8 Å². The van der Waals surface area contributed by atoms with Crippen LogP contribution in [0, 0.1) is 26.7 Å². The molecule has 0 aliphatic rings. The van der Waals surface area contributed by atoms with Crippen LogP contribution >= 0.6 is 0 Å². The van der Waals surface area contributed by atoms with Gasteiger partial charge in [0.1, 0.15) is 17.7 Å². The number of alkyl carbamates (subject to hydrolysis) is 1. The van der Waals surface area contributed by atoms with Gasteiger partial charge < -0.3 is 20.3 Å². The van der Waals surface area contributed by atoms with Crippen molar-refractivity contribution >= 4 is 23.6 Å². The van der Waals surface area contributed by atoms with E-state index in [-0.39, 0.29) is 17.7 Å². The van der Waals surface area contributed by atoms with Crippen LogP contribution in [0.25, 0.3) is 0 Å². The summed E-state index contributed by atoms with van der Waals surface area (Å²) in [5.74, 6) is -0.558. The minimum atomic E-state index is -0.896. The molecule has 7 heteroatoms. The van der Waals surface area contributed by atoms with Crippen LogP contribution in [0.15, 0.2) is 42.5 Å². The Morgan fingerprint density at radius 2 is 1.61 bits per heavy atom. The summed E-state index contributed by atoms with van der Waals surface area (Å²) < 4.78 is 5.40. The highest BCUT2D eigenvalue weighted by atomic mass is 16.6. The fraction of sp³-hybridized carbons (Fsp3) is 0.483. The van der Waals surface area contributed by atoms with Crippen LogP contribution in [0.5, 0.6) is 0 Å². The molecule has 2 rings (SSSR count). The summed E-state index contributed by atoms with van der Waals surface area (Å²) in [7, 11) is 1.61. The van der Waals surface area contributed by atoms with E-state index < -0.39 is 23.8 Å². The van der Waals surface area contributed by atoms with E-state index in [0.717, 1.165) is 22.3 Å². The van der Waals surface area contributed by atoms with Crippen molar-refractivity contribution in [1.82, 2.24) is 10.2 Å². The van der Waals surface area contributed by atoms with Gasteiger partial charge in [-0.05, 0) is 76.6 Å². The summed E-state index contributed by atoms with van der Waals surface area (Å²) in [4.78, 5) is 41.5. The SMILES string of the molecule is Cc1ccc(C)c(C(C(=O)Nc2ccccc2C)N(C)C(=O)C(CC(C)C)NC(=O)OC(C)(C)C)c1. The van der Waals surface area contributed by atoms with Crippen molar-refractivity contribution in [2.24, 2.45) is 5.92 Å². The number of carbonyl (C=O) groups excluding carboxylic acids is 3. The monoisotopic (exact) mass is 495 g/mol. The first-order valence-electron chi connectivity index (χ1n) is 12.4. The van der Waals surface area contributed by atoms with Crippen molar-refractivity contribution in [1.29, 1.82) is 0 Å². The maximum Gasteiger partial charge on any atom is 0.408 e. The lowest BCUT2D eigenvalue weighted by Crippen LogP contribution is -2.51. The van der Waals surface area contributed by atoms with E-state index >= 15 is 0 Å². The number of amides is 3.